The zero-order chi connectivity index (χ0) is 21.7. The number of anilines is 2. The minimum Gasteiger partial charge on any atom is -0.378 e. The van der Waals surface area contributed by atoms with Gasteiger partial charge in [0.1, 0.15) is 0 Å². The Labute approximate surface area is 178 Å². The Morgan fingerprint density at radius 2 is 2.13 bits per heavy atom. The number of methoxy groups -OCH3 is 1. The summed E-state index contributed by atoms with van der Waals surface area (Å²) in [7, 11) is 1.58. The summed E-state index contributed by atoms with van der Waals surface area (Å²) in [6.45, 7) is 0.778. The number of hydrogen-bond donors (Lipinski definition) is 3. The molecule has 30 heavy (non-hydrogen) atoms. The van der Waals surface area contributed by atoms with Crippen molar-refractivity contribution < 1.29 is 23.9 Å². The molecule has 2 heterocycles. The summed E-state index contributed by atoms with van der Waals surface area (Å²) < 4.78 is 20.0. The molecule has 0 unspecified atom stereocenters. The molecule has 12 heteroatoms. The smallest absolute Gasteiger partial charge is 0.243 e. The fraction of sp³-hybridized carbons (Fsp3) is 0.667. The molecule has 3 rings (SSSR count). The van der Waals surface area contributed by atoms with Gasteiger partial charge in [-0.05, 0) is 23.9 Å². The Balaban J connectivity index is 1.65. The third-order valence-electron chi connectivity index (χ3n) is 5.58. The number of hydroxylamine groups is 2. The predicted molar refractivity (Wildman–Crippen MR) is 106 cm³/mol. The number of hydrogen-bond acceptors (Lipinski definition) is 8. The van der Waals surface area contributed by atoms with Gasteiger partial charge >= 0.3 is 0 Å². The summed E-state index contributed by atoms with van der Waals surface area (Å²) in [5.74, 6) is -1.80. The molecule has 1 aromatic heterocycles. The van der Waals surface area contributed by atoms with Crippen molar-refractivity contribution >= 4 is 35.6 Å². The molecule has 166 valence electrons. The van der Waals surface area contributed by atoms with Crippen molar-refractivity contribution in [2.24, 2.45) is 11.8 Å². The average Bonchev–Trinajstić information content (AvgIpc) is 3.20. The largest absolute Gasteiger partial charge is 0.378 e. The Bertz CT molecular complexity index is 760. The van der Waals surface area contributed by atoms with Crippen LogP contribution in [0.3, 0.4) is 0 Å². The third kappa shape index (κ3) is 5.46. The fourth-order valence-corrected chi connectivity index (χ4v) is 4.03. The van der Waals surface area contributed by atoms with E-state index < -0.39 is 17.6 Å². The topological polar surface area (TPSA) is 120 Å². The van der Waals surface area contributed by atoms with E-state index in [4.69, 9.17) is 16.3 Å². The molecule has 0 aromatic carbocycles. The van der Waals surface area contributed by atoms with E-state index in [-0.39, 0.29) is 36.0 Å². The standard InChI is InChI=1S/C18H26ClFN6O4/c1-30-13-8-25(9-13)16-14(20)15(21-18(19)22-16)23-24-17(28)12(7-26(29)10-27)6-11-4-2-3-5-11/h10-13,29H,2-9H2,1H3,(H,24,28)(H,21,22,23)/t12-/m1/s1. The van der Waals surface area contributed by atoms with Gasteiger partial charge < -0.3 is 9.64 Å². The lowest BCUT2D eigenvalue weighted by atomic mass is 9.92. The quantitative estimate of drug-likeness (QED) is 0.215. The van der Waals surface area contributed by atoms with Crippen molar-refractivity contribution in [2.75, 3.05) is 37.1 Å². The Hall–Kier alpha value is -2.24. The molecule has 0 radical (unpaired) electrons. The van der Waals surface area contributed by atoms with E-state index in [1.807, 2.05) is 0 Å². The normalized spacial score (nSPS) is 18.1. The zero-order valence-electron chi connectivity index (χ0n) is 16.7. The highest BCUT2D eigenvalue weighted by Gasteiger charge is 2.32. The van der Waals surface area contributed by atoms with Gasteiger partial charge in [-0.1, -0.05) is 25.7 Å². The summed E-state index contributed by atoms with van der Waals surface area (Å²) in [6.07, 6.45) is 4.96. The number of ether oxygens (including phenoxy) is 1. The van der Waals surface area contributed by atoms with E-state index in [1.54, 1.807) is 12.0 Å². The first-order chi connectivity index (χ1) is 14.4. The number of aromatic nitrogens is 2. The minimum absolute atomic E-state index is 0.00940. The molecule has 0 bridgehead atoms. The van der Waals surface area contributed by atoms with Crippen molar-refractivity contribution in [2.45, 2.75) is 38.2 Å². The molecule has 2 fully saturated rings. The van der Waals surface area contributed by atoms with Crippen LogP contribution in [0.15, 0.2) is 0 Å². The van der Waals surface area contributed by atoms with Gasteiger partial charge in [0.05, 0.1) is 18.6 Å². The van der Waals surface area contributed by atoms with E-state index >= 15 is 0 Å². The van der Waals surface area contributed by atoms with Gasteiger partial charge in [-0.25, -0.2) is 5.06 Å². The number of hydrazine groups is 1. The molecule has 0 spiro atoms. The first-order valence-electron chi connectivity index (χ1n) is 9.88. The molecule has 1 aliphatic carbocycles. The second-order valence-corrected chi connectivity index (χ2v) is 8.00. The summed E-state index contributed by atoms with van der Waals surface area (Å²) in [5.41, 5.74) is 4.88. The first kappa shape index (κ1) is 22.4. The highest BCUT2D eigenvalue weighted by molar-refractivity contribution is 6.28. The molecule has 10 nitrogen and oxygen atoms in total. The number of amides is 2. The van der Waals surface area contributed by atoms with Crippen LogP contribution in [0.1, 0.15) is 32.1 Å². The summed E-state index contributed by atoms with van der Waals surface area (Å²) in [5, 5.41) is 9.81. The first-order valence-corrected chi connectivity index (χ1v) is 10.3. The lowest BCUT2D eigenvalue weighted by Crippen LogP contribution is -2.52. The molecule has 1 aliphatic heterocycles. The van der Waals surface area contributed by atoms with Crippen molar-refractivity contribution in [3.63, 3.8) is 0 Å². The molecule has 2 amide bonds. The molecule has 2 aliphatic rings. The average molecular weight is 445 g/mol. The lowest BCUT2D eigenvalue weighted by Gasteiger charge is -2.39. The van der Waals surface area contributed by atoms with Crippen LogP contribution in [0.25, 0.3) is 0 Å². The number of halogens is 2. The molecule has 1 saturated carbocycles. The van der Waals surface area contributed by atoms with Crippen molar-refractivity contribution in [3.8, 4) is 0 Å². The van der Waals surface area contributed by atoms with Crippen LogP contribution in [0.2, 0.25) is 5.28 Å². The maximum absolute atomic E-state index is 14.8. The summed E-state index contributed by atoms with van der Waals surface area (Å²) in [4.78, 5) is 32.8. The molecule has 1 aromatic rings. The predicted octanol–water partition coefficient (Wildman–Crippen LogP) is 1.59. The van der Waals surface area contributed by atoms with Gasteiger partial charge in [-0.3, -0.25) is 25.6 Å². The Kier molecular flexibility index (Phi) is 7.62. The van der Waals surface area contributed by atoms with Gasteiger partial charge in [0, 0.05) is 20.2 Å². The number of nitrogens with one attached hydrogen (secondary N) is 2. The summed E-state index contributed by atoms with van der Waals surface area (Å²) >= 11 is 5.92. The highest BCUT2D eigenvalue weighted by Crippen LogP contribution is 2.31. The second kappa shape index (κ2) is 10.2. The molecule has 1 atom stereocenters. The van der Waals surface area contributed by atoms with E-state index in [9.17, 15) is 19.2 Å². The van der Waals surface area contributed by atoms with Gasteiger partial charge in [-0.15, -0.1) is 0 Å². The van der Waals surface area contributed by atoms with Crippen LogP contribution in [0, 0.1) is 17.7 Å². The maximum Gasteiger partial charge on any atom is 0.243 e. The maximum atomic E-state index is 14.8. The van der Waals surface area contributed by atoms with Crippen molar-refractivity contribution in [1.82, 2.24) is 20.5 Å². The molecule has 3 N–H and O–H groups in total. The van der Waals surface area contributed by atoms with E-state index in [2.05, 4.69) is 20.8 Å². The van der Waals surface area contributed by atoms with Crippen LogP contribution in [-0.2, 0) is 14.3 Å². The number of rotatable bonds is 10. The zero-order valence-corrected chi connectivity index (χ0v) is 17.4. The lowest BCUT2D eigenvalue weighted by molar-refractivity contribution is -0.154. The number of carbonyl (C=O) groups excluding carboxylic acids is 2. The molecular formula is C18H26ClFN6O4. The van der Waals surface area contributed by atoms with Crippen molar-refractivity contribution in [3.05, 3.63) is 11.1 Å². The van der Waals surface area contributed by atoms with Gasteiger partial charge in [0.2, 0.25) is 23.4 Å². The molecule has 1 saturated heterocycles. The Morgan fingerprint density at radius 1 is 1.43 bits per heavy atom. The van der Waals surface area contributed by atoms with Crippen LogP contribution in [0.4, 0.5) is 16.0 Å². The number of carbonyl (C=O) groups is 2. The van der Waals surface area contributed by atoms with E-state index in [0.717, 1.165) is 25.7 Å². The fourth-order valence-electron chi connectivity index (χ4n) is 3.87. The number of nitrogens with zero attached hydrogens (tertiary/aromatic N) is 4. The van der Waals surface area contributed by atoms with Crippen LogP contribution in [-0.4, -0.2) is 65.4 Å². The van der Waals surface area contributed by atoms with Gasteiger partial charge in [0.25, 0.3) is 0 Å². The van der Waals surface area contributed by atoms with Crippen LogP contribution >= 0.6 is 11.6 Å². The van der Waals surface area contributed by atoms with Crippen LogP contribution in [0.5, 0.6) is 0 Å². The van der Waals surface area contributed by atoms with E-state index in [0.29, 0.717) is 30.5 Å². The molecular weight excluding hydrogens is 419 g/mol. The van der Waals surface area contributed by atoms with E-state index in [1.165, 1.54) is 0 Å². The highest BCUT2D eigenvalue weighted by atomic mass is 35.5. The van der Waals surface area contributed by atoms with Gasteiger partial charge in [0.15, 0.2) is 11.6 Å². The monoisotopic (exact) mass is 444 g/mol. The Morgan fingerprint density at radius 3 is 2.77 bits per heavy atom. The second-order valence-electron chi connectivity index (χ2n) is 7.67. The van der Waals surface area contributed by atoms with Crippen molar-refractivity contribution in [1.29, 1.82) is 0 Å². The summed E-state index contributed by atoms with van der Waals surface area (Å²) in [6, 6.07) is 0. The van der Waals surface area contributed by atoms with Crippen LogP contribution < -0.4 is 15.8 Å². The third-order valence-corrected chi connectivity index (χ3v) is 5.75. The SMILES string of the molecule is COC1CN(c2nc(Cl)nc(NNC(=O)[C@H](CC3CCCC3)CN(O)C=O)c2F)C1. The minimum atomic E-state index is -0.752. The van der Waals surface area contributed by atoms with Gasteiger partial charge in [-0.2, -0.15) is 14.4 Å².